The lowest BCUT2D eigenvalue weighted by atomic mass is 10.3. The van der Waals surface area contributed by atoms with Crippen LogP contribution in [-0.4, -0.2) is 30.1 Å². The highest BCUT2D eigenvalue weighted by Crippen LogP contribution is 2.30. The van der Waals surface area contributed by atoms with Crippen molar-refractivity contribution >= 4 is 24.3 Å². The summed E-state index contributed by atoms with van der Waals surface area (Å²) in [5.74, 6) is 0.421. The third-order valence-corrected chi connectivity index (χ3v) is 2.63. The molecule has 2 N–H and O–H groups in total. The summed E-state index contributed by atoms with van der Waals surface area (Å²) in [5.41, 5.74) is 1.52. The normalized spacial score (nSPS) is 9.95. The van der Waals surface area contributed by atoms with Crippen LogP contribution in [0, 0.1) is 0 Å². The smallest absolute Gasteiger partial charge is 0.246 e. The predicted molar refractivity (Wildman–Crippen MR) is 74.5 cm³/mol. The van der Waals surface area contributed by atoms with Crippen LogP contribution in [-0.2, 0) is 9.59 Å². The van der Waals surface area contributed by atoms with Crippen LogP contribution in [0.3, 0.4) is 0 Å². The molecule has 0 saturated heterocycles. The molecule has 1 amide bonds. The molecule has 20 heavy (non-hydrogen) atoms. The maximum absolute atomic E-state index is 10.9. The second kappa shape index (κ2) is 8.44. The number of benzene rings is 1. The molecule has 0 heterocycles. The van der Waals surface area contributed by atoms with Gasteiger partial charge in [0.15, 0.2) is 11.5 Å². The zero-order chi connectivity index (χ0) is 15.0. The van der Waals surface area contributed by atoms with E-state index in [0.29, 0.717) is 22.8 Å². The molecular weight excluding hydrogens is 282 g/mol. The van der Waals surface area contributed by atoms with E-state index in [2.05, 4.69) is 12.6 Å². The van der Waals surface area contributed by atoms with Crippen LogP contribution in [0.4, 0.5) is 0 Å². The van der Waals surface area contributed by atoms with Gasteiger partial charge in [-0.1, -0.05) is 0 Å². The number of nitrogens with one attached hydrogen (secondary N) is 1. The number of Topliss-reactive ketones (excluding diaryl/α,β-unsaturated/α-hetero) is 1. The Labute approximate surface area is 122 Å². The molecule has 0 bridgehead atoms. The van der Waals surface area contributed by atoms with E-state index in [-0.39, 0.29) is 25.4 Å². The average molecular weight is 299 g/mol. The fourth-order valence-corrected chi connectivity index (χ4v) is 1.53. The number of ketones is 1. The summed E-state index contributed by atoms with van der Waals surface area (Å²) in [4.78, 5) is 22.4. The highest BCUT2D eigenvalue weighted by molar-refractivity contribution is 7.80. The number of carbonyl (C=O) groups excluding carboxylic acids is 2. The fourth-order valence-electron chi connectivity index (χ4n) is 1.34. The average Bonchev–Trinajstić information content (AvgIpc) is 2.40. The molecule has 0 aliphatic rings. The van der Waals surface area contributed by atoms with E-state index in [1.165, 1.54) is 12.4 Å². The Morgan fingerprint density at radius 2 is 1.85 bits per heavy atom. The number of ether oxygens (including phenoxy) is 2. The highest BCUT2D eigenvalue weighted by Gasteiger charge is 2.08. The van der Waals surface area contributed by atoms with E-state index in [9.17, 15) is 9.59 Å². The van der Waals surface area contributed by atoms with Gasteiger partial charge in [0.25, 0.3) is 0 Å². The maximum Gasteiger partial charge on any atom is 0.246 e. The summed E-state index contributed by atoms with van der Waals surface area (Å²) in [6.45, 7) is 1.84. The minimum atomic E-state index is -0.533. The minimum Gasteiger partial charge on any atom is -0.489 e. The van der Waals surface area contributed by atoms with Gasteiger partial charge in [0, 0.05) is 11.3 Å². The molecule has 0 atom stereocenters. The Bertz CT molecular complexity index is 478. The predicted octanol–water partition coefficient (Wildman–Crippen LogP) is 1.61. The molecule has 0 aliphatic carbocycles. The van der Waals surface area contributed by atoms with Crippen LogP contribution in [0.1, 0.15) is 19.8 Å². The number of rotatable bonds is 8. The summed E-state index contributed by atoms with van der Waals surface area (Å²) in [5, 5.41) is 8.37. The Morgan fingerprint density at radius 1 is 1.20 bits per heavy atom. The van der Waals surface area contributed by atoms with Crippen molar-refractivity contribution in [3.63, 3.8) is 0 Å². The fraction of sp³-hybridized carbons (Fsp3) is 0.385. The molecule has 6 nitrogen and oxygen atoms in total. The van der Waals surface area contributed by atoms with Gasteiger partial charge in [-0.25, -0.2) is 5.48 Å². The first-order chi connectivity index (χ1) is 9.52. The van der Waals surface area contributed by atoms with Crippen LogP contribution in [0.25, 0.3) is 0 Å². The van der Waals surface area contributed by atoms with E-state index in [1.54, 1.807) is 18.2 Å². The Morgan fingerprint density at radius 3 is 2.50 bits per heavy atom. The van der Waals surface area contributed by atoms with Gasteiger partial charge in [0.05, 0.1) is 19.6 Å². The molecule has 0 saturated carbocycles. The van der Waals surface area contributed by atoms with Crippen molar-refractivity contribution in [2.75, 3.05) is 13.2 Å². The second-order valence-corrected chi connectivity index (χ2v) is 4.58. The van der Waals surface area contributed by atoms with Gasteiger partial charge >= 0.3 is 0 Å². The molecule has 0 spiro atoms. The lowest BCUT2D eigenvalue weighted by Gasteiger charge is -2.12. The van der Waals surface area contributed by atoms with Gasteiger partial charge in [0.1, 0.15) is 5.78 Å². The quantitative estimate of drug-likeness (QED) is 0.386. The second-order valence-electron chi connectivity index (χ2n) is 4.06. The topological polar surface area (TPSA) is 84.9 Å². The summed E-state index contributed by atoms with van der Waals surface area (Å²) >= 11 is 4.20. The van der Waals surface area contributed by atoms with Crippen molar-refractivity contribution in [2.45, 2.75) is 24.7 Å². The Balaban J connectivity index is 2.59. The molecule has 0 unspecified atom stereocenters. The third-order valence-electron chi connectivity index (χ3n) is 2.35. The van der Waals surface area contributed by atoms with E-state index < -0.39 is 5.91 Å². The van der Waals surface area contributed by atoms with E-state index >= 15 is 0 Å². The molecule has 1 rings (SSSR count). The van der Waals surface area contributed by atoms with Gasteiger partial charge in [-0.05, 0) is 25.1 Å². The SMILES string of the molecule is CC(=O)CCOc1cc(S)ccc1OCCC(=O)NO. The molecule has 1 aromatic carbocycles. The molecule has 7 heteroatoms. The van der Waals surface area contributed by atoms with Gasteiger partial charge in [-0.2, -0.15) is 0 Å². The Kier molecular flexibility index (Phi) is 6.89. The number of hydrogen-bond acceptors (Lipinski definition) is 6. The first-order valence-electron chi connectivity index (χ1n) is 6.04. The standard InChI is InChI=1S/C13H17NO5S/c1-9(15)4-6-19-12-8-10(20)2-3-11(12)18-7-5-13(16)14-17/h2-3,8,17,20H,4-7H2,1H3,(H,14,16). The number of hydroxylamine groups is 1. The van der Waals surface area contributed by atoms with Crippen molar-refractivity contribution in [3.05, 3.63) is 18.2 Å². The molecule has 110 valence electrons. The Hall–Kier alpha value is -1.73. The van der Waals surface area contributed by atoms with Crippen molar-refractivity contribution in [3.8, 4) is 11.5 Å². The van der Waals surface area contributed by atoms with Crippen LogP contribution in [0.5, 0.6) is 11.5 Å². The molecule has 0 radical (unpaired) electrons. The first-order valence-corrected chi connectivity index (χ1v) is 6.48. The minimum absolute atomic E-state index is 0.0199. The van der Waals surface area contributed by atoms with Crippen molar-refractivity contribution < 1.29 is 24.3 Å². The number of hydrogen-bond donors (Lipinski definition) is 3. The van der Waals surface area contributed by atoms with Crippen molar-refractivity contribution in [2.24, 2.45) is 0 Å². The molecule has 0 aliphatic heterocycles. The maximum atomic E-state index is 10.9. The van der Waals surface area contributed by atoms with Gasteiger partial charge in [-0.3, -0.25) is 14.8 Å². The van der Waals surface area contributed by atoms with Crippen molar-refractivity contribution in [1.82, 2.24) is 5.48 Å². The molecular formula is C13H17NO5S. The summed E-state index contributed by atoms with van der Waals surface area (Å²) in [7, 11) is 0. The third kappa shape index (κ3) is 5.94. The zero-order valence-electron chi connectivity index (χ0n) is 11.1. The molecule has 0 aromatic heterocycles. The van der Waals surface area contributed by atoms with Gasteiger partial charge < -0.3 is 9.47 Å². The van der Waals surface area contributed by atoms with Gasteiger partial charge in [0.2, 0.25) is 5.91 Å². The highest BCUT2D eigenvalue weighted by atomic mass is 32.1. The van der Waals surface area contributed by atoms with Crippen LogP contribution < -0.4 is 15.0 Å². The van der Waals surface area contributed by atoms with Crippen LogP contribution in [0.2, 0.25) is 0 Å². The molecule has 0 fully saturated rings. The van der Waals surface area contributed by atoms with Crippen LogP contribution >= 0.6 is 12.6 Å². The number of thiol groups is 1. The lowest BCUT2D eigenvalue weighted by Crippen LogP contribution is -2.20. The lowest BCUT2D eigenvalue weighted by molar-refractivity contribution is -0.129. The summed E-state index contributed by atoms with van der Waals surface area (Å²) in [6.07, 6.45) is 0.329. The summed E-state index contributed by atoms with van der Waals surface area (Å²) < 4.78 is 10.9. The number of amides is 1. The first kappa shape index (κ1) is 16.3. The number of carbonyl (C=O) groups is 2. The van der Waals surface area contributed by atoms with Crippen LogP contribution in [0.15, 0.2) is 23.1 Å². The van der Waals surface area contributed by atoms with Crippen molar-refractivity contribution in [1.29, 1.82) is 0 Å². The monoisotopic (exact) mass is 299 g/mol. The van der Waals surface area contributed by atoms with Gasteiger partial charge in [-0.15, -0.1) is 12.6 Å². The molecule has 1 aromatic rings. The summed E-state index contributed by atoms with van der Waals surface area (Å²) in [6, 6.07) is 5.06. The zero-order valence-corrected chi connectivity index (χ0v) is 12.0. The van der Waals surface area contributed by atoms with E-state index in [1.807, 2.05) is 0 Å². The largest absolute Gasteiger partial charge is 0.489 e. The van der Waals surface area contributed by atoms with E-state index in [4.69, 9.17) is 14.7 Å². The van der Waals surface area contributed by atoms with E-state index in [0.717, 1.165) is 0 Å².